The van der Waals surface area contributed by atoms with E-state index in [2.05, 4.69) is 26.2 Å². The molecule has 2 rings (SSSR count). The molecule has 0 aliphatic rings. The van der Waals surface area contributed by atoms with Gasteiger partial charge in [-0.2, -0.15) is 0 Å². The Morgan fingerprint density at radius 2 is 2.05 bits per heavy atom. The van der Waals surface area contributed by atoms with Gasteiger partial charge in [-0.3, -0.25) is 0 Å². The van der Waals surface area contributed by atoms with E-state index in [1.165, 1.54) is 12.1 Å². The molecule has 0 aliphatic heterocycles. The van der Waals surface area contributed by atoms with Crippen LogP contribution in [0.4, 0.5) is 5.69 Å². The molecule has 0 atom stereocenters. The molecule has 7 heteroatoms. The van der Waals surface area contributed by atoms with Crippen LogP contribution >= 0.6 is 15.9 Å². The van der Waals surface area contributed by atoms with Gasteiger partial charge in [0.1, 0.15) is 4.60 Å². The van der Waals surface area contributed by atoms with Crippen LogP contribution in [-0.4, -0.2) is 13.4 Å². The van der Waals surface area contributed by atoms with E-state index in [0.29, 0.717) is 6.54 Å². The molecule has 1 heterocycles. The fourth-order valence-electron chi connectivity index (χ4n) is 1.70. The van der Waals surface area contributed by atoms with Crippen molar-refractivity contribution < 1.29 is 8.42 Å². The molecule has 0 amide bonds. The number of hydrogen-bond donors (Lipinski definition) is 2. The van der Waals surface area contributed by atoms with E-state index in [4.69, 9.17) is 5.14 Å². The fraction of sp³-hybridized carbons (Fsp3) is 0.154. The molecule has 20 heavy (non-hydrogen) atoms. The second-order valence-electron chi connectivity index (χ2n) is 4.33. The molecular weight excluding hydrogens is 342 g/mol. The topological polar surface area (TPSA) is 85.1 Å². The molecule has 1 aromatic carbocycles. The second kappa shape index (κ2) is 5.90. The van der Waals surface area contributed by atoms with Crippen LogP contribution < -0.4 is 10.5 Å². The molecular formula is C13H14BrN3O2S. The van der Waals surface area contributed by atoms with Gasteiger partial charge in [-0.15, -0.1) is 0 Å². The van der Waals surface area contributed by atoms with Crippen molar-refractivity contribution in [1.82, 2.24) is 4.98 Å². The first kappa shape index (κ1) is 15.0. The lowest BCUT2D eigenvalue weighted by Crippen LogP contribution is -2.13. The fourth-order valence-corrected chi connectivity index (χ4v) is 2.62. The van der Waals surface area contributed by atoms with Crippen molar-refractivity contribution >= 4 is 31.6 Å². The Hall–Kier alpha value is -1.44. The second-order valence-corrected chi connectivity index (χ2v) is 6.70. The Kier molecular flexibility index (Phi) is 4.42. The van der Waals surface area contributed by atoms with Crippen LogP contribution in [0.5, 0.6) is 0 Å². The van der Waals surface area contributed by atoms with Crippen molar-refractivity contribution in [3.05, 3.63) is 52.3 Å². The largest absolute Gasteiger partial charge is 0.379 e. The van der Waals surface area contributed by atoms with Crippen molar-refractivity contribution in [3.63, 3.8) is 0 Å². The number of rotatable bonds is 4. The summed E-state index contributed by atoms with van der Waals surface area (Å²) in [5, 5.41) is 8.29. The monoisotopic (exact) mass is 355 g/mol. The predicted octanol–water partition coefficient (Wildman–Crippen LogP) is 2.41. The number of primary sulfonamides is 1. The van der Waals surface area contributed by atoms with Gasteiger partial charge in [-0.25, -0.2) is 18.5 Å². The van der Waals surface area contributed by atoms with Crippen LogP contribution in [0.3, 0.4) is 0 Å². The Balaban J connectivity index is 2.21. The van der Waals surface area contributed by atoms with Gasteiger partial charge in [0, 0.05) is 5.69 Å². The highest BCUT2D eigenvalue weighted by atomic mass is 79.9. The number of pyridine rings is 1. The minimum Gasteiger partial charge on any atom is -0.379 e. The van der Waals surface area contributed by atoms with Crippen LogP contribution in [0, 0.1) is 6.92 Å². The zero-order valence-electron chi connectivity index (χ0n) is 10.8. The molecule has 0 aliphatic carbocycles. The average molecular weight is 356 g/mol. The Morgan fingerprint density at radius 3 is 2.70 bits per heavy atom. The van der Waals surface area contributed by atoms with Crippen LogP contribution in [0.2, 0.25) is 0 Å². The summed E-state index contributed by atoms with van der Waals surface area (Å²) in [4.78, 5) is 4.39. The third kappa shape index (κ3) is 3.78. The van der Waals surface area contributed by atoms with Gasteiger partial charge in [0.15, 0.2) is 0 Å². The number of anilines is 1. The van der Waals surface area contributed by atoms with Crippen molar-refractivity contribution in [2.45, 2.75) is 18.4 Å². The molecule has 2 aromatic rings. The summed E-state index contributed by atoms with van der Waals surface area (Å²) in [7, 11) is -3.69. The number of aromatic nitrogens is 1. The van der Waals surface area contributed by atoms with Crippen molar-refractivity contribution in [3.8, 4) is 0 Å². The van der Waals surface area contributed by atoms with Gasteiger partial charge < -0.3 is 5.32 Å². The molecule has 106 valence electrons. The van der Waals surface area contributed by atoms with Crippen LogP contribution in [0.25, 0.3) is 0 Å². The molecule has 0 saturated carbocycles. The lowest BCUT2D eigenvalue weighted by atomic mass is 10.2. The summed E-state index contributed by atoms with van der Waals surface area (Å²) >= 11 is 3.31. The molecule has 0 fully saturated rings. The zero-order valence-corrected chi connectivity index (χ0v) is 13.2. The number of nitrogens with one attached hydrogen (secondary N) is 1. The van der Waals surface area contributed by atoms with Crippen molar-refractivity contribution in [1.29, 1.82) is 0 Å². The zero-order chi connectivity index (χ0) is 14.8. The van der Waals surface area contributed by atoms with Gasteiger partial charge in [0.05, 0.1) is 17.1 Å². The van der Waals surface area contributed by atoms with Gasteiger partial charge in [0.2, 0.25) is 10.0 Å². The molecule has 0 spiro atoms. The van der Waals surface area contributed by atoms with Crippen LogP contribution in [-0.2, 0) is 16.6 Å². The molecule has 0 unspecified atom stereocenters. The summed E-state index contributed by atoms with van der Waals surface area (Å²) in [6.07, 6.45) is 0. The number of hydrogen-bond acceptors (Lipinski definition) is 4. The normalized spacial score (nSPS) is 11.3. The number of nitrogens with two attached hydrogens (primary N) is 1. The summed E-state index contributed by atoms with van der Waals surface area (Å²) in [6, 6.07) is 10.4. The van der Waals surface area contributed by atoms with E-state index in [9.17, 15) is 8.42 Å². The number of aryl methyl sites for hydroxylation is 1. The maximum atomic E-state index is 11.3. The van der Waals surface area contributed by atoms with E-state index < -0.39 is 10.0 Å². The van der Waals surface area contributed by atoms with Gasteiger partial charge in [-0.05, 0) is 52.7 Å². The van der Waals surface area contributed by atoms with E-state index in [1.54, 1.807) is 6.07 Å². The molecule has 0 saturated heterocycles. The quantitative estimate of drug-likeness (QED) is 0.824. The average Bonchev–Trinajstić information content (AvgIpc) is 2.36. The number of sulfonamides is 1. The van der Waals surface area contributed by atoms with Crippen LogP contribution in [0.15, 0.2) is 45.9 Å². The van der Waals surface area contributed by atoms with E-state index in [0.717, 1.165) is 21.5 Å². The third-order valence-electron chi connectivity index (χ3n) is 2.77. The van der Waals surface area contributed by atoms with E-state index >= 15 is 0 Å². The minimum atomic E-state index is -3.69. The highest BCUT2D eigenvalue weighted by molar-refractivity contribution is 9.10. The molecule has 1 aromatic heterocycles. The van der Waals surface area contributed by atoms with Gasteiger partial charge in [0.25, 0.3) is 0 Å². The lowest BCUT2D eigenvalue weighted by molar-refractivity contribution is 0.598. The Bertz CT molecular complexity index is 732. The van der Waals surface area contributed by atoms with Gasteiger partial charge in [-0.1, -0.05) is 12.1 Å². The van der Waals surface area contributed by atoms with Crippen molar-refractivity contribution in [2.75, 3.05) is 5.32 Å². The molecule has 0 radical (unpaired) electrons. The first-order valence-corrected chi connectivity index (χ1v) is 8.19. The molecule has 5 nitrogen and oxygen atoms in total. The molecule has 3 N–H and O–H groups in total. The summed E-state index contributed by atoms with van der Waals surface area (Å²) < 4.78 is 23.4. The smallest absolute Gasteiger partial charge is 0.238 e. The maximum absolute atomic E-state index is 11.3. The van der Waals surface area contributed by atoms with E-state index in [1.807, 2.05) is 25.1 Å². The first-order chi connectivity index (χ1) is 9.36. The number of halogens is 1. The summed E-state index contributed by atoms with van der Waals surface area (Å²) in [5.74, 6) is 0. The lowest BCUT2D eigenvalue weighted by Gasteiger charge is -2.11. The van der Waals surface area contributed by atoms with Gasteiger partial charge >= 0.3 is 0 Å². The summed E-state index contributed by atoms with van der Waals surface area (Å²) in [5.41, 5.74) is 2.51. The Labute approximate surface area is 126 Å². The molecule has 0 bridgehead atoms. The summed E-state index contributed by atoms with van der Waals surface area (Å²) in [6.45, 7) is 2.39. The number of nitrogens with zero attached hydrogens (tertiary/aromatic N) is 1. The minimum absolute atomic E-state index is 0.0906. The van der Waals surface area contributed by atoms with E-state index in [-0.39, 0.29) is 4.90 Å². The Morgan fingerprint density at radius 1 is 1.30 bits per heavy atom. The number of benzene rings is 1. The maximum Gasteiger partial charge on any atom is 0.238 e. The standard InChI is InChI=1S/C13H14BrN3O2S/c1-9-5-6-11(20(15,18)19)7-12(9)16-8-10-3-2-4-13(14)17-10/h2-7,16H,8H2,1H3,(H2,15,18,19). The predicted molar refractivity (Wildman–Crippen MR) is 81.8 cm³/mol. The highest BCUT2D eigenvalue weighted by Gasteiger charge is 2.10. The first-order valence-electron chi connectivity index (χ1n) is 5.85. The van der Waals surface area contributed by atoms with Crippen LogP contribution in [0.1, 0.15) is 11.3 Å². The van der Waals surface area contributed by atoms with Crippen molar-refractivity contribution in [2.24, 2.45) is 5.14 Å². The highest BCUT2D eigenvalue weighted by Crippen LogP contribution is 2.20. The SMILES string of the molecule is Cc1ccc(S(N)(=O)=O)cc1NCc1cccc(Br)n1. The third-order valence-corrected chi connectivity index (χ3v) is 4.12.